The molecular weight excluding hydrogens is 364 g/mol. The summed E-state index contributed by atoms with van der Waals surface area (Å²) in [4.78, 5) is 20.4. The minimum Gasteiger partial charge on any atom is -0.495 e. The molecule has 0 amide bonds. The fourth-order valence-corrected chi connectivity index (χ4v) is 2.78. The smallest absolute Gasteiger partial charge is 0.229 e. The molecule has 3 rings (SSSR count). The highest BCUT2D eigenvalue weighted by molar-refractivity contribution is 6.32. The van der Waals surface area contributed by atoms with E-state index in [1.54, 1.807) is 31.4 Å². The monoisotopic (exact) mass is 382 g/mol. The van der Waals surface area contributed by atoms with E-state index in [2.05, 4.69) is 20.6 Å². The second-order valence-corrected chi connectivity index (χ2v) is 6.36. The summed E-state index contributed by atoms with van der Waals surface area (Å²) in [5.41, 5.74) is 2.95. The summed E-state index contributed by atoms with van der Waals surface area (Å²) in [6, 6.07) is 14.4. The zero-order chi connectivity index (χ0) is 19.4. The summed E-state index contributed by atoms with van der Waals surface area (Å²) in [5.74, 6) is 1.66. The number of nitrogens with one attached hydrogen (secondary N) is 2. The largest absolute Gasteiger partial charge is 0.495 e. The normalized spacial score (nSPS) is 10.4. The van der Waals surface area contributed by atoms with Gasteiger partial charge in [-0.25, -0.2) is 4.98 Å². The van der Waals surface area contributed by atoms with Gasteiger partial charge >= 0.3 is 0 Å². The maximum atomic E-state index is 11.6. The van der Waals surface area contributed by atoms with Gasteiger partial charge in [-0.2, -0.15) is 4.98 Å². The Bertz CT molecular complexity index is 991. The van der Waals surface area contributed by atoms with Crippen LogP contribution in [-0.4, -0.2) is 22.9 Å². The lowest BCUT2D eigenvalue weighted by molar-refractivity contribution is 0.101. The van der Waals surface area contributed by atoms with E-state index in [0.29, 0.717) is 28.1 Å². The second-order valence-electron chi connectivity index (χ2n) is 5.95. The highest BCUT2D eigenvalue weighted by Crippen LogP contribution is 2.28. The Hall–Kier alpha value is -3.12. The number of benzene rings is 2. The molecule has 0 fully saturated rings. The van der Waals surface area contributed by atoms with Crippen molar-refractivity contribution >= 4 is 40.5 Å². The Morgan fingerprint density at radius 2 is 1.81 bits per heavy atom. The van der Waals surface area contributed by atoms with E-state index in [-0.39, 0.29) is 5.78 Å². The van der Waals surface area contributed by atoms with E-state index in [4.69, 9.17) is 16.3 Å². The number of ketones is 1. The van der Waals surface area contributed by atoms with Crippen LogP contribution in [0.25, 0.3) is 0 Å². The van der Waals surface area contributed by atoms with Gasteiger partial charge in [0.2, 0.25) is 5.95 Å². The lowest BCUT2D eigenvalue weighted by Gasteiger charge is -2.11. The Balaban J connectivity index is 1.83. The summed E-state index contributed by atoms with van der Waals surface area (Å²) < 4.78 is 5.16. The predicted octanol–water partition coefficient (Wildman–Crippen LogP) is 5.14. The molecule has 0 spiro atoms. The number of Topliss-reactive ketones (excluding diaryl/α,β-unsaturated/α-hetero) is 1. The van der Waals surface area contributed by atoms with Gasteiger partial charge in [-0.15, -0.1) is 0 Å². The number of anilines is 4. The van der Waals surface area contributed by atoms with Gasteiger partial charge in [-0.1, -0.05) is 23.7 Å². The molecule has 0 aliphatic carbocycles. The van der Waals surface area contributed by atoms with Crippen LogP contribution in [0.1, 0.15) is 23.0 Å². The van der Waals surface area contributed by atoms with E-state index < -0.39 is 0 Å². The molecule has 0 unspecified atom stereocenters. The SMILES string of the molecule is COc1ccc(Nc2nc(C)cc(Nc3cccc(C(C)=O)c3)n2)cc1Cl. The topological polar surface area (TPSA) is 76.1 Å². The summed E-state index contributed by atoms with van der Waals surface area (Å²) in [5, 5.41) is 6.84. The first-order valence-corrected chi connectivity index (χ1v) is 8.66. The third kappa shape index (κ3) is 4.74. The Morgan fingerprint density at radius 3 is 2.52 bits per heavy atom. The molecule has 0 aliphatic rings. The summed E-state index contributed by atoms with van der Waals surface area (Å²) >= 11 is 6.16. The quantitative estimate of drug-likeness (QED) is 0.575. The van der Waals surface area contributed by atoms with Crippen molar-refractivity contribution in [2.45, 2.75) is 13.8 Å². The van der Waals surface area contributed by atoms with Crippen molar-refractivity contribution in [3.05, 3.63) is 64.8 Å². The lowest BCUT2D eigenvalue weighted by Crippen LogP contribution is -2.03. The van der Waals surface area contributed by atoms with E-state index in [1.807, 2.05) is 31.2 Å². The molecule has 0 aliphatic heterocycles. The predicted molar refractivity (Wildman–Crippen MR) is 108 cm³/mol. The Labute approximate surface area is 162 Å². The average molecular weight is 383 g/mol. The van der Waals surface area contributed by atoms with Crippen LogP contribution in [0.5, 0.6) is 5.75 Å². The van der Waals surface area contributed by atoms with E-state index in [0.717, 1.165) is 17.1 Å². The van der Waals surface area contributed by atoms with Crippen molar-refractivity contribution in [2.75, 3.05) is 17.7 Å². The van der Waals surface area contributed by atoms with Crippen molar-refractivity contribution in [1.29, 1.82) is 0 Å². The first-order chi connectivity index (χ1) is 12.9. The summed E-state index contributed by atoms with van der Waals surface area (Å²) in [7, 11) is 1.57. The molecule has 0 atom stereocenters. The minimum atomic E-state index is 0.0104. The van der Waals surface area contributed by atoms with Crippen LogP contribution in [-0.2, 0) is 0 Å². The minimum absolute atomic E-state index is 0.0104. The molecule has 0 saturated heterocycles. The number of halogens is 1. The molecule has 6 nitrogen and oxygen atoms in total. The first kappa shape index (κ1) is 18.7. The number of carbonyl (C=O) groups excluding carboxylic acids is 1. The van der Waals surface area contributed by atoms with Gasteiger partial charge in [0.15, 0.2) is 5.78 Å². The van der Waals surface area contributed by atoms with Gasteiger partial charge in [0, 0.05) is 28.7 Å². The van der Waals surface area contributed by atoms with Gasteiger partial charge in [0.1, 0.15) is 11.6 Å². The van der Waals surface area contributed by atoms with Gasteiger partial charge < -0.3 is 15.4 Å². The van der Waals surface area contributed by atoms with E-state index >= 15 is 0 Å². The number of nitrogens with zero attached hydrogens (tertiary/aromatic N) is 2. The molecule has 7 heteroatoms. The van der Waals surface area contributed by atoms with E-state index in [9.17, 15) is 4.79 Å². The van der Waals surface area contributed by atoms with Crippen LogP contribution in [0.3, 0.4) is 0 Å². The van der Waals surface area contributed by atoms with Crippen LogP contribution in [0.2, 0.25) is 5.02 Å². The lowest BCUT2D eigenvalue weighted by atomic mass is 10.1. The Morgan fingerprint density at radius 1 is 1.04 bits per heavy atom. The second kappa shape index (κ2) is 8.05. The van der Waals surface area contributed by atoms with Crippen molar-refractivity contribution < 1.29 is 9.53 Å². The van der Waals surface area contributed by atoms with Crippen molar-refractivity contribution in [3.8, 4) is 5.75 Å². The maximum absolute atomic E-state index is 11.6. The number of ether oxygens (including phenoxy) is 1. The molecule has 138 valence electrons. The highest BCUT2D eigenvalue weighted by atomic mass is 35.5. The first-order valence-electron chi connectivity index (χ1n) is 8.29. The zero-order valence-electron chi connectivity index (χ0n) is 15.2. The van der Waals surface area contributed by atoms with Crippen LogP contribution in [0.4, 0.5) is 23.1 Å². The number of carbonyl (C=O) groups is 1. The fraction of sp³-hybridized carbons (Fsp3) is 0.150. The molecule has 1 heterocycles. The molecule has 2 aromatic carbocycles. The number of aryl methyl sites for hydroxylation is 1. The Kier molecular flexibility index (Phi) is 5.57. The van der Waals surface area contributed by atoms with Crippen molar-refractivity contribution in [1.82, 2.24) is 9.97 Å². The van der Waals surface area contributed by atoms with Gasteiger partial charge in [-0.3, -0.25) is 4.79 Å². The molecule has 27 heavy (non-hydrogen) atoms. The fourth-order valence-electron chi connectivity index (χ4n) is 2.53. The molecule has 3 aromatic rings. The standard InChI is InChI=1S/C20H19ClN4O2/c1-12-9-19(23-15-6-4-5-14(10-15)13(2)26)25-20(22-12)24-16-7-8-18(27-3)17(21)11-16/h4-11H,1-3H3,(H2,22,23,24,25). The van der Waals surface area contributed by atoms with Gasteiger partial charge in [0.05, 0.1) is 12.1 Å². The number of hydrogen-bond acceptors (Lipinski definition) is 6. The third-order valence-corrected chi connectivity index (χ3v) is 4.10. The maximum Gasteiger partial charge on any atom is 0.229 e. The molecule has 0 saturated carbocycles. The van der Waals surface area contributed by atoms with Crippen LogP contribution >= 0.6 is 11.6 Å². The zero-order valence-corrected chi connectivity index (χ0v) is 16.0. The number of methoxy groups -OCH3 is 1. The molecule has 0 radical (unpaired) electrons. The van der Waals surface area contributed by atoms with Crippen LogP contribution < -0.4 is 15.4 Å². The number of aromatic nitrogens is 2. The summed E-state index contributed by atoms with van der Waals surface area (Å²) in [6.07, 6.45) is 0. The van der Waals surface area contributed by atoms with Crippen LogP contribution in [0.15, 0.2) is 48.5 Å². The molecule has 1 aromatic heterocycles. The summed E-state index contributed by atoms with van der Waals surface area (Å²) in [6.45, 7) is 3.42. The molecule has 0 bridgehead atoms. The van der Waals surface area contributed by atoms with E-state index in [1.165, 1.54) is 6.92 Å². The number of hydrogen-bond donors (Lipinski definition) is 2. The van der Waals surface area contributed by atoms with Crippen LogP contribution in [0, 0.1) is 6.92 Å². The molecular formula is C20H19ClN4O2. The highest BCUT2D eigenvalue weighted by Gasteiger charge is 2.07. The van der Waals surface area contributed by atoms with Crippen molar-refractivity contribution in [2.24, 2.45) is 0 Å². The van der Waals surface area contributed by atoms with Gasteiger partial charge in [0.25, 0.3) is 0 Å². The molecule has 2 N–H and O–H groups in total. The van der Waals surface area contributed by atoms with Gasteiger partial charge in [-0.05, 0) is 44.2 Å². The third-order valence-electron chi connectivity index (χ3n) is 3.80. The van der Waals surface area contributed by atoms with Crippen molar-refractivity contribution in [3.63, 3.8) is 0 Å². The average Bonchev–Trinajstić information content (AvgIpc) is 2.61. The number of rotatable bonds is 6.